The number of rotatable bonds is 2. The van der Waals surface area contributed by atoms with Gasteiger partial charge in [-0.3, -0.25) is 9.59 Å². The lowest BCUT2D eigenvalue weighted by atomic mass is 10.1. The minimum atomic E-state index is -0.791. The molecule has 2 rings (SSSR count). The molecule has 0 saturated carbocycles. The molecule has 1 heterocycles. The molecule has 0 atom stereocenters. The molecule has 0 aliphatic rings. The van der Waals surface area contributed by atoms with Gasteiger partial charge in [0.2, 0.25) is 0 Å². The standard InChI is InChI=1S/C13H9ClFNO2/c1-16-11(8-2-4-9(15)5-3-8)7-6-10(12(14)17)13(16)18/h2-7H,1H3. The van der Waals surface area contributed by atoms with Crippen LogP contribution in [0.3, 0.4) is 0 Å². The topological polar surface area (TPSA) is 39.1 Å². The zero-order valence-electron chi connectivity index (χ0n) is 9.48. The predicted molar refractivity (Wildman–Crippen MR) is 67.3 cm³/mol. The van der Waals surface area contributed by atoms with Crippen LogP contribution in [0.1, 0.15) is 10.4 Å². The van der Waals surface area contributed by atoms with Crippen molar-refractivity contribution in [3.63, 3.8) is 0 Å². The van der Waals surface area contributed by atoms with Crippen molar-refractivity contribution in [1.29, 1.82) is 0 Å². The molecule has 0 aliphatic carbocycles. The summed E-state index contributed by atoms with van der Waals surface area (Å²) in [6, 6.07) is 8.71. The van der Waals surface area contributed by atoms with Crippen LogP contribution < -0.4 is 5.56 Å². The first-order chi connectivity index (χ1) is 8.50. The van der Waals surface area contributed by atoms with Gasteiger partial charge in [-0.15, -0.1) is 0 Å². The second kappa shape index (κ2) is 4.74. The third kappa shape index (κ3) is 2.19. The van der Waals surface area contributed by atoms with E-state index < -0.39 is 10.8 Å². The number of carbonyl (C=O) groups excluding carboxylic acids is 1. The first kappa shape index (κ1) is 12.5. The summed E-state index contributed by atoms with van der Waals surface area (Å²) in [4.78, 5) is 22.9. The van der Waals surface area contributed by atoms with Crippen molar-refractivity contribution in [2.24, 2.45) is 7.05 Å². The Morgan fingerprint density at radius 1 is 1.17 bits per heavy atom. The molecule has 0 spiro atoms. The van der Waals surface area contributed by atoms with Gasteiger partial charge in [-0.2, -0.15) is 0 Å². The molecule has 0 bridgehead atoms. The van der Waals surface area contributed by atoms with Crippen LogP contribution in [0.2, 0.25) is 0 Å². The minimum Gasteiger partial charge on any atom is -0.311 e. The molecule has 0 saturated heterocycles. The number of halogens is 2. The van der Waals surface area contributed by atoms with Gasteiger partial charge in [-0.25, -0.2) is 4.39 Å². The number of benzene rings is 1. The van der Waals surface area contributed by atoms with Crippen LogP contribution in [-0.2, 0) is 7.05 Å². The van der Waals surface area contributed by atoms with E-state index in [0.29, 0.717) is 11.3 Å². The fourth-order valence-corrected chi connectivity index (χ4v) is 1.84. The van der Waals surface area contributed by atoms with Crippen LogP contribution in [0.5, 0.6) is 0 Å². The quantitative estimate of drug-likeness (QED) is 0.783. The van der Waals surface area contributed by atoms with Crippen LogP contribution in [0.15, 0.2) is 41.2 Å². The molecule has 0 unspecified atom stereocenters. The third-order valence-electron chi connectivity index (χ3n) is 2.66. The van der Waals surface area contributed by atoms with Crippen LogP contribution in [0.25, 0.3) is 11.3 Å². The zero-order valence-corrected chi connectivity index (χ0v) is 10.2. The molecule has 0 radical (unpaired) electrons. The Labute approximate surface area is 107 Å². The predicted octanol–water partition coefficient (Wildman–Crippen LogP) is 2.57. The fraction of sp³-hybridized carbons (Fsp3) is 0.0769. The molecule has 0 aliphatic heterocycles. The normalized spacial score (nSPS) is 10.4. The lowest BCUT2D eigenvalue weighted by Gasteiger charge is -2.09. The van der Waals surface area contributed by atoms with E-state index in [2.05, 4.69) is 0 Å². The summed E-state index contributed by atoms with van der Waals surface area (Å²) in [5.74, 6) is -0.351. The zero-order chi connectivity index (χ0) is 13.3. The Morgan fingerprint density at radius 2 is 1.78 bits per heavy atom. The van der Waals surface area contributed by atoms with Crippen molar-refractivity contribution in [3.05, 3.63) is 58.1 Å². The monoisotopic (exact) mass is 265 g/mol. The van der Waals surface area contributed by atoms with Gasteiger partial charge in [0.05, 0.1) is 11.3 Å². The van der Waals surface area contributed by atoms with E-state index in [9.17, 15) is 14.0 Å². The first-order valence-corrected chi connectivity index (χ1v) is 5.54. The molecule has 92 valence electrons. The number of pyridine rings is 1. The number of hydrogen-bond donors (Lipinski definition) is 0. The van der Waals surface area contributed by atoms with E-state index in [1.165, 1.54) is 29.8 Å². The summed E-state index contributed by atoms with van der Waals surface area (Å²) in [7, 11) is 1.53. The molecular weight excluding hydrogens is 257 g/mol. The molecule has 2 aromatic rings. The highest BCUT2D eigenvalue weighted by molar-refractivity contribution is 6.67. The van der Waals surface area contributed by atoms with Crippen molar-refractivity contribution in [2.45, 2.75) is 0 Å². The lowest BCUT2D eigenvalue weighted by molar-refractivity contribution is 0.107. The molecule has 1 aromatic heterocycles. The van der Waals surface area contributed by atoms with Gasteiger partial charge in [-0.05, 0) is 53.6 Å². The second-order valence-electron chi connectivity index (χ2n) is 3.78. The highest BCUT2D eigenvalue weighted by Gasteiger charge is 2.11. The summed E-state index contributed by atoms with van der Waals surface area (Å²) in [6.07, 6.45) is 0. The molecule has 0 fully saturated rings. The highest BCUT2D eigenvalue weighted by Crippen LogP contribution is 2.18. The average molecular weight is 266 g/mol. The summed E-state index contributed by atoms with van der Waals surface area (Å²) < 4.78 is 14.1. The third-order valence-corrected chi connectivity index (χ3v) is 2.86. The van der Waals surface area contributed by atoms with Crippen molar-refractivity contribution in [2.75, 3.05) is 0 Å². The van der Waals surface area contributed by atoms with E-state index >= 15 is 0 Å². The first-order valence-electron chi connectivity index (χ1n) is 5.16. The fourth-order valence-electron chi connectivity index (χ4n) is 1.70. The van der Waals surface area contributed by atoms with Gasteiger partial charge in [0.15, 0.2) is 0 Å². The second-order valence-corrected chi connectivity index (χ2v) is 4.12. The number of aromatic nitrogens is 1. The van der Waals surface area contributed by atoms with Crippen molar-refractivity contribution >= 4 is 16.8 Å². The number of carbonyl (C=O) groups is 1. The molecule has 1 aromatic carbocycles. The van der Waals surface area contributed by atoms with Gasteiger partial charge in [0, 0.05) is 7.05 Å². The molecule has 18 heavy (non-hydrogen) atoms. The Balaban J connectivity index is 2.61. The SMILES string of the molecule is Cn1c(-c2ccc(F)cc2)ccc(C(=O)Cl)c1=O. The van der Waals surface area contributed by atoms with E-state index in [-0.39, 0.29) is 11.4 Å². The van der Waals surface area contributed by atoms with E-state index in [0.717, 1.165) is 0 Å². The Bertz CT molecular complexity index is 662. The van der Waals surface area contributed by atoms with Gasteiger partial charge >= 0.3 is 0 Å². The van der Waals surface area contributed by atoms with Crippen LogP contribution in [0.4, 0.5) is 4.39 Å². The minimum absolute atomic E-state index is 0.0787. The van der Waals surface area contributed by atoms with E-state index in [1.807, 2.05) is 0 Å². The van der Waals surface area contributed by atoms with Gasteiger partial charge in [0.1, 0.15) is 5.82 Å². The Hall–Kier alpha value is -1.94. The van der Waals surface area contributed by atoms with E-state index in [4.69, 9.17) is 11.6 Å². The number of hydrogen-bond acceptors (Lipinski definition) is 2. The summed E-state index contributed by atoms with van der Waals surface area (Å²) in [6.45, 7) is 0. The van der Waals surface area contributed by atoms with Gasteiger partial charge in [0.25, 0.3) is 10.8 Å². The van der Waals surface area contributed by atoms with Gasteiger partial charge in [-0.1, -0.05) is 0 Å². The molecule has 3 nitrogen and oxygen atoms in total. The molecule has 0 amide bonds. The summed E-state index contributed by atoms with van der Waals surface area (Å²) >= 11 is 5.30. The van der Waals surface area contributed by atoms with Crippen molar-refractivity contribution < 1.29 is 9.18 Å². The molecule has 0 N–H and O–H groups in total. The Morgan fingerprint density at radius 3 is 2.33 bits per heavy atom. The summed E-state index contributed by atoms with van der Waals surface area (Å²) in [5, 5.41) is -0.791. The molecular formula is C13H9ClFNO2. The van der Waals surface area contributed by atoms with Crippen molar-refractivity contribution in [1.82, 2.24) is 4.57 Å². The van der Waals surface area contributed by atoms with Crippen LogP contribution in [-0.4, -0.2) is 9.81 Å². The van der Waals surface area contributed by atoms with Gasteiger partial charge < -0.3 is 4.57 Å². The van der Waals surface area contributed by atoms with Crippen LogP contribution in [0, 0.1) is 5.82 Å². The largest absolute Gasteiger partial charge is 0.311 e. The maximum Gasteiger partial charge on any atom is 0.262 e. The maximum absolute atomic E-state index is 12.8. The Kier molecular flexibility index (Phi) is 3.30. The average Bonchev–Trinajstić information content (AvgIpc) is 2.33. The smallest absolute Gasteiger partial charge is 0.262 e. The van der Waals surface area contributed by atoms with E-state index in [1.54, 1.807) is 18.2 Å². The van der Waals surface area contributed by atoms with Crippen LogP contribution >= 0.6 is 11.6 Å². The summed E-state index contributed by atoms with van der Waals surface area (Å²) in [5.41, 5.74) is 0.716. The lowest BCUT2D eigenvalue weighted by Crippen LogP contribution is -2.23. The maximum atomic E-state index is 12.8. The van der Waals surface area contributed by atoms with Crippen molar-refractivity contribution in [3.8, 4) is 11.3 Å². The number of nitrogens with zero attached hydrogens (tertiary/aromatic N) is 1. The highest BCUT2D eigenvalue weighted by atomic mass is 35.5. The molecule has 5 heteroatoms.